The molecule has 0 aliphatic heterocycles. The van der Waals surface area contributed by atoms with Gasteiger partial charge in [-0.05, 0) is 37.0 Å². The van der Waals surface area contributed by atoms with E-state index in [2.05, 4.69) is 5.32 Å². The first-order chi connectivity index (χ1) is 8.56. The first-order valence-corrected chi connectivity index (χ1v) is 6.30. The van der Waals surface area contributed by atoms with Gasteiger partial charge in [0.05, 0.1) is 6.10 Å². The number of anilines is 1. The minimum absolute atomic E-state index is 0.0416. The highest BCUT2D eigenvalue weighted by Crippen LogP contribution is 2.26. The van der Waals surface area contributed by atoms with Crippen molar-refractivity contribution in [3.8, 4) is 0 Å². The molecule has 2 N–H and O–H groups in total. The Morgan fingerprint density at radius 1 is 1.44 bits per heavy atom. The fourth-order valence-corrected chi connectivity index (χ4v) is 2.13. The molecule has 18 heavy (non-hydrogen) atoms. The van der Waals surface area contributed by atoms with E-state index in [1.54, 1.807) is 0 Å². The molecule has 0 unspecified atom stereocenters. The number of carbonyl (C=O) groups is 1. The lowest BCUT2D eigenvalue weighted by Crippen LogP contribution is -2.38. The molecule has 0 saturated heterocycles. The summed E-state index contributed by atoms with van der Waals surface area (Å²) in [5, 5.41) is 12.1. The summed E-state index contributed by atoms with van der Waals surface area (Å²) in [4.78, 5) is 13.9. The van der Waals surface area contributed by atoms with E-state index in [4.69, 9.17) is 0 Å². The predicted molar refractivity (Wildman–Crippen MR) is 71.8 cm³/mol. The van der Waals surface area contributed by atoms with E-state index in [0.717, 1.165) is 18.5 Å². The fraction of sp³-hybridized carbons (Fsp3) is 0.500. The highest BCUT2D eigenvalue weighted by Gasteiger charge is 2.27. The van der Waals surface area contributed by atoms with Crippen molar-refractivity contribution in [3.63, 3.8) is 0 Å². The molecule has 2 rings (SSSR count). The number of nitrogens with one attached hydrogen (secondary N) is 1. The molecular weight excluding hydrogens is 228 g/mol. The van der Waals surface area contributed by atoms with Crippen LogP contribution in [0, 0.1) is 5.92 Å². The number of aliphatic hydroxyl groups excluding tert-OH is 1. The summed E-state index contributed by atoms with van der Waals surface area (Å²) in [6.07, 6.45) is 1.44. The Kier molecular flexibility index (Phi) is 3.87. The van der Waals surface area contributed by atoms with Gasteiger partial charge in [-0.3, -0.25) is 4.79 Å². The Hall–Kier alpha value is -1.55. The average molecular weight is 248 g/mol. The summed E-state index contributed by atoms with van der Waals surface area (Å²) in [5.41, 5.74) is 1.70. The van der Waals surface area contributed by atoms with Crippen LogP contribution >= 0.6 is 0 Å². The standard InChI is InChI=1S/C14H20N2O2/c1-16(2)12-5-3-4-11(8-12)14(18)15-9-10-6-13(17)7-10/h3-5,8,10,13,17H,6-7,9H2,1-2H3,(H,15,18). The van der Waals surface area contributed by atoms with Gasteiger partial charge in [0.2, 0.25) is 0 Å². The summed E-state index contributed by atoms with van der Waals surface area (Å²) in [6.45, 7) is 0.655. The number of hydrogen-bond acceptors (Lipinski definition) is 3. The molecule has 0 bridgehead atoms. The van der Waals surface area contributed by atoms with Crippen molar-refractivity contribution in [3.05, 3.63) is 29.8 Å². The maximum absolute atomic E-state index is 12.0. The SMILES string of the molecule is CN(C)c1cccc(C(=O)NCC2CC(O)C2)c1. The van der Waals surface area contributed by atoms with Crippen LogP contribution in [0.3, 0.4) is 0 Å². The van der Waals surface area contributed by atoms with Crippen LogP contribution in [0.1, 0.15) is 23.2 Å². The molecule has 4 heteroatoms. The zero-order valence-electron chi connectivity index (χ0n) is 10.9. The molecule has 1 aromatic carbocycles. The van der Waals surface area contributed by atoms with E-state index in [1.807, 2.05) is 43.3 Å². The van der Waals surface area contributed by atoms with Crippen LogP contribution in [-0.2, 0) is 0 Å². The molecule has 1 aliphatic rings. The third-order valence-electron chi connectivity index (χ3n) is 3.39. The molecular formula is C14H20N2O2. The fourth-order valence-electron chi connectivity index (χ4n) is 2.13. The second-order valence-electron chi connectivity index (χ2n) is 5.15. The van der Waals surface area contributed by atoms with Gasteiger partial charge in [0, 0.05) is 31.9 Å². The molecule has 0 radical (unpaired) electrons. The summed E-state index contributed by atoms with van der Waals surface area (Å²) in [6, 6.07) is 7.55. The molecule has 1 aromatic rings. The number of amides is 1. The molecule has 0 spiro atoms. The molecule has 4 nitrogen and oxygen atoms in total. The second kappa shape index (κ2) is 5.40. The number of rotatable bonds is 4. The molecule has 1 amide bonds. The van der Waals surface area contributed by atoms with Crippen molar-refractivity contribution in [2.45, 2.75) is 18.9 Å². The number of benzene rings is 1. The number of nitrogens with zero attached hydrogens (tertiary/aromatic N) is 1. The highest BCUT2D eigenvalue weighted by atomic mass is 16.3. The summed E-state index contributed by atoms with van der Waals surface area (Å²) in [7, 11) is 3.90. The van der Waals surface area contributed by atoms with Gasteiger partial charge in [0.15, 0.2) is 0 Å². The summed E-state index contributed by atoms with van der Waals surface area (Å²) in [5.74, 6) is 0.390. The van der Waals surface area contributed by atoms with Gasteiger partial charge in [-0.2, -0.15) is 0 Å². The van der Waals surface area contributed by atoms with Crippen molar-refractivity contribution in [2.24, 2.45) is 5.92 Å². The minimum Gasteiger partial charge on any atom is -0.393 e. The number of hydrogen-bond donors (Lipinski definition) is 2. The van der Waals surface area contributed by atoms with E-state index in [1.165, 1.54) is 0 Å². The molecule has 98 valence electrons. The smallest absolute Gasteiger partial charge is 0.251 e. The number of aliphatic hydroxyl groups is 1. The van der Waals surface area contributed by atoms with Crippen LogP contribution in [0.4, 0.5) is 5.69 Å². The van der Waals surface area contributed by atoms with Crippen LogP contribution in [0.5, 0.6) is 0 Å². The largest absolute Gasteiger partial charge is 0.393 e. The first kappa shape index (κ1) is 12.9. The van der Waals surface area contributed by atoms with E-state index >= 15 is 0 Å². The Morgan fingerprint density at radius 3 is 2.78 bits per heavy atom. The van der Waals surface area contributed by atoms with Crippen molar-refractivity contribution in [2.75, 3.05) is 25.5 Å². The third-order valence-corrected chi connectivity index (χ3v) is 3.39. The lowest BCUT2D eigenvalue weighted by Gasteiger charge is -2.31. The van der Waals surface area contributed by atoms with Crippen molar-refractivity contribution in [1.82, 2.24) is 5.32 Å². The number of carbonyl (C=O) groups excluding carboxylic acids is 1. The highest BCUT2D eigenvalue weighted by molar-refractivity contribution is 5.95. The zero-order chi connectivity index (χ0) is 13.1. The molecule has 1 saturated carbocycles. The molecule has 0 aromatic heterocycles. The van der Waals surface area contributed by atoms with Crippen LogP contribution in [0.15, 0.2) is 24.3 Å². The molecule has 0 atom stereocenters. The second-order valence-corrected chi connectivity index (χ2v) is 5.15. The Labute approximate surface area is 108 Å². The van der Waals surface area contributed by atoms with Gasteiger partial charge in [0.25, 0.3) is 5.91 Å². The molecule has 1 aliphatic carbocycles. The Morgan fingerprint density at radius 2 is 2.17 bits per heavy atom. The molecule has 1 fully saturated rings. The third kappa shape index (κ3) is 3.01. The van der Waals surface area contributed by atoms with Crippen LogP contribution < -0.4 is 10.2 Å². The van der Waals surface area contributed by atoms with Crippen LogP contribution in [0.25, 0.3) is 0 Å². The van der Waals surface area contributed by atoms with E-state index in [0.29, 0.717) is 18.0 Å². The zero-order valence-corrected chi connectivity index (χ0v) is 10.9. The normalized spacial score (nSPS) is 22.2. The lowest BCUT2D eigenvalue weighted by atomic mass is 9.82. The maximum Gasteiger partial charge on any atom is 0.251 e. The summed E-state index contributed by atoms with van der Waals surface area (Å²) >= 11 is 0. The van der Waals surface area contributed by atoms with Crippen molar-refractivity contribution in [1.29, 1.82) is 0 Å². The van der Waals surface area contributed by atoms with Gasteiger partial charge < -0.3 is 15.3 Å². The Bertz CT molecular complexity index is 426. The van der Waals surface area contributed by atoms with E-state index < -0.39 is 0 Å². The van der Waals surface area contributed by atoms with Gasteiger partial charge in [-0.25, -0.2) is 0 Å². The monoisotopic (exact) mass is 248 g/mol. The quantitative estimate of drug-likeness (QED) is 0.843. The van der Waals surface area contributed by atoms with Crippen LogP contribution in [0.2, 0.25) is 0 Å². The topological polar surface area (TPSA) is 52.6 Å². The van der Waals surface area contributed by atoms with Gasteiger partial charge in [-0.1, -0.05) is 6.07 Å². The first-order valence-electron chi connectivity index (χ1n) is 6.30. The van der Waals surface area contributed by atoms with Crippen LogP contribution in [-0.4, -0.2) is 37.8 Å². The lowest BCUT2D eigenvalue weighted by molar-refractivity contribution is 0.0420. The Balaban J connectivity index is 1.90. The van der Waals surface area contributed by atoms with Crippen molar-refractivity contribution < 1.29 is 9.90 Å². The van der Waals surface area contributed by atoms with Gasteiger partial charge >= 0.3 is 0 Å². The van der Waals surface area contributed by atoms with E-state index in [-0.39, 0.29) is 12.0 Å². The average Bonchev–Trinajstić information content (AvgIpc) is 2.33. The maximum atomic E-state index is 12.0. The predicted octanol–water partition coefficient (Wildman–Crippen LogP) is 1.25. The summed E-state index contributed by atoms with van der Waals surface area (Å²) < 4.78 is 0. The van der Waals surface area contributed by atoms with Gasteiger partial charge in [0.1, 0.15) is 0 Å². The van der Waals surface area contributed by atoms with E-state index in [9.17, 15) is 9.90 Å². The van der Waals surface area contributed by atoms with Gasteiger partial charge in [-0.15, -0.1) is 0 Å². The minimum atomic E-state index is -0.163. The van der Waals surface area contributed by atoms with Crippen molar-refractivity contribution >= 4 is 11.6 Å². The molecule has 0 heterocycles.